The summed E-state index contributed by atoms with van der Waals surface area (Å²) in [5.41, 5.74) is 9.49. The Balaban J connectivity index is 2.00. The third-order valence-electron chi connectivity index (χ3n) is 4.52. The molecule has 0 spiro atoms. The van der Waals surface area contributed by atoms with Crippen molar-refractivity contribution in [1.82, 2.24) is 15.1 Å². The molecule has 0 fully saturated rings. The molecular formula is C18H26N4O2. The molecule has 1 atom stereocenters. The van der Waals surface area contributed by atoms with Crippen LogP contribution in [0, 0.1) is 0 Å². The second-order valence-corrected chi connectivity index (χ2v) is 6.40. The Morgan fingerprint density at radius 2 is 2.17 bits per heavy atom. The maximum absolute atomic E-state index is 12.5. The van der Waals surface area contributed by atoms with Gasteiger partial charge in [0, 0.05) is 24.8 Å². The van der Waals surface area contributed by atoms with Crippen molar-refractivity contribution in [2.24, 2.45) is 0 Å². The molecule has 1 aromatic carbocycles. The van der Waals surface area contributed by atoms with Gasteiger partial charge in [-0.25, -0.2) is 0 Å². The molecule has 0 saturated heterocycles. The highest BCUT2D eigenvalue weighted by molar-refractivity contribution is 5.97. The van der Waals surface area contributed by atoms with E-state index in [0.717, 1.165) is 48.8 Å². The molecule has 2 heterocycles. The number of anilines is 1. The van der Waals surface area contributed by atoms with Crippen molar-refractivity contribution < 1.29 is 9.53 Å². The van der Waals surface area contributed by atoms with Crippen LogP contribution >= 0.6 is 0 Å². The average Bonchev–Trinajstić information content (AvgIpc) is 2.87. The molecule has 1 aromatic rings. The zero-order valence-corrected chi connectivity index (χ0v) is 14.6. The van der Waals surface area contributed by atoms with Crippen molar-refractivity contribution in [3.63, 3.8) is 0 Å². The Hall–Kier alpha value is -2.21. The average molecular weight is 330 g/mol. The maximum Gasteiger partial charge on any atom is 0.268 e. The first kappa shape index (κ1) is 16.6. The van der Waals surface area contributed by atoms with Crippen LogP contribution in [0.2, 0.25) is 0 Å². The lowest BCUT2D eigenvalue weighted by atomic mass is 9.96. The fourth-order valence-electron chi connectivity index (χ4n) is 3.63. The van der Waals surface area contributed by atoms with Gasteiger partial charge in [0.1, 0.15) is 11.4 Å². The number of carbonyl (C=O) groups is 1. The molecule has 0 saturated carbocycles. The predicted octanol–water partition coefficient (Wildman–Crippen LogP) is 1.71. The molecule has 1 amide bonds. The highest BCUT2D eigenvalue weighted by atomic mass is 16.5. The van der Waals surface area contributed by atoms with E-state index in [2.05, 4.69) is 17.1 Å². The number of carbonyl (C=O) groups excluding carboxylic acids is 1. The molecule has 0 radical (unpaired) electrons. The number of hydrogen-bond donors (Lipinski definition) is 2. The van der Waals surface area contributed by atoms with Gasteiger partial charge >= 0.3 is 0 Å². The Labute approximate surface area is 143 Å². The smallest absolute Gasteiger partial charge is 0.268 e. The van der Waals surface area contributed by atoms with Gasteiger partial charge in [-0.3, -0.25) is 9.69 Å². The Kier molecular flexibility index (Phi) is 4.66. The van der Waals surface area contributed by atoms with Crippen LogP contribution in [0.3, 0.4) is 0 Å². The summed E-state index contributed by atoms with van der Waals surface area (Å²) in [4.78, 5) is 16.9. The standard InChI is InChI=1S/C18H26N4O2/c1-4-8-22-10-14-16(20-18(23)17(14)21(3)11-22)13-9-12(19)6-7-15(13)24-5-2/h6-7,9,16H,4-5,8,10-11,19H2,1-3H3,(H,20,23). The van der Waals surface area contributed by atoms with Crippen LogP contribution in [-0.4, -0.2) is 49.1 Å². The van der Waals surface area contributed by atoms with Gasteiger partial charge in [0.2, 0.25) is 0 Å². The van der Waals surface area contributed by atoms with Gasteiger partial charge in [-0.1, -0.05) is 6.92 Å². The molecular weight excluding hydrogens is 304 g/mol. The summed E-state index contributed by atoms with van der Waals surface area (Å²) in [6.45, 7) is 7.28. The lowest BCUT2D eigenvalue weighted by Gasteiger charge is -2.35. The molecule has 130 valence electrons. The van der Waals surface area contributed by atoms with E-state index in [0.29, 0.717) is 12.3 Å². The van der Waals surface area contributed by atoms with Crippen molar-refractivity contribution in [3.05, 3.63) is 35.0 Å². The van der Waals surface area contributed by atoms with Crippen molar-refractivity contribution in [3.8, 4) is 5.75 Å². The van der Waals surface area contributed by atoms with Gasteiger partial charge in [0.05, 0.1) is 19.3 Å². The van der Waals surface area contributed by atoms with Crippen LogP contribution in [0.5, 0.6) is 5.75 Å². The van der Waals surface area contributed by atoms with E-state index in [1.807, 2.05) is 37.1 Å². The second kappa shape index (κ2) is 6.73. The van der Waals surface area contributed by atoms with Crippen LogP contribution in [0.4, 0.5) is 5.69 Å². The van der Waals surface area contributed by atoms with E-state index in [1.54, 1.807) is 0 Å². The molecule has 1 unspecified atom stereocenters. The third kappa shape index (κ3) is 2.94. The number of amides is 1. The number of rotatable bonds is 5. The first-order valence-electron chi connectivity index (χ1n) is 8.54. The van der Waals surface area contributed by atoms with E-state index in [9.17, 15) is 4.79 Å². The zero-order chi connectivity index (χ0) is 17.3. The first-order chi connectivity index (χ1) is 11.5. The summed E-state index contributed by atoms with van der Waals surface area (Å²) >= 11 is 0. The number of nitrogens with zero attached hydrogens (tertiary/aromatic N) is 2. The number of ether oxygens (including phenoxy) is 1. The largest absolute Gasteiger partial charge is 0.494 e. The number of benzene rings is 1. The molecule has 2 aliphatic heterocycles. The molecule has 3 rings (SSSR count). The fraction of sp³-hybridized carbons (Fsp3) is 0.500. The molecule has 0 bridgehead atoms. The number of hydrogen-bond acceptors (Lipinski definition) is 5. The maximum atomic E-state index is 12.5. The van der Waals surface area contributed by atoms with Gasteiger partial charge in [-0.05, 0) is 43.7 Å². The summed E-state index contributed by atoms with van der Waals surface area (Å²) in [5, 5.41) is 3.11. The fourth-order valence-corrected chi connectivity index (χ4v) is 3.63. The monoisotopic (exact) mass is 330 g/mol. The minimum atomic E-state index is -0.181. The second-order valence-electron chi connectivity index (χ2n) is 6.40. The Bertz CT molecular complexity index is 671. The van der Waals surface area contributed by atoms with Crippen molar-refractivity contribution in [1.29, 1.82) is 0 Å². The number of nitrogens with two attached hydrogens (primary N) is 1. The topological polar surface area (TPSA) is 70.8 Å². The molecule has 6 nitrogen and oxygen atoms in total. The van der Waals surface area contributed by atoms with E-state index in [1.165, 1.54) is 0 Å². The van der Waals surface area contributed by atoms with E-state index in [-0.39, 0.29) is 11.9 Å². The lowest BCUT2D eigenvalue weighted by molar-refractivity contribution is -0.118. The van der Waals surface area contributed by atoms with Crippen LogP contribution in [0.25, 0.3) is 0 Å². The van der Waals surface area contributed by atoms with Gasteiger partial charge < -0.3 is 20.7 Å². The van der Waals surface area contributed by atoms with Crippen LogP contribution in [0.15, 0.2) is 29.5 Å². The number of likely N-dealkylation sites (N-methyl/N-ethyl adjacent to an activating group) is 1. The van der Waals surface area contributed by atoms with Crippen molar-refractivity contribution in [2.45, 2.75) is 26.3 Å². The molecule has 0 aromatic heterocycles. The van der Waals surface area contributed by atoms with Crippen molar-refractivity contribution >= 4 is 11.6 Å². The minimum absolute atomic E-state index is 0.0153. The highest BCUT2D eigenvalue weighted by Gasteiger charge is 2.39. The predicted molar refractivity (Wildman–Crippen MR) is 94.4 cm³/mol. The summed E-state index contributed by atoms with van der Waals surface area (Å²) < 4.78 is 5.76. The van der Waals surface area contributed by atoms with Gasteiger partial charge in [0.25, 0.3) is 5.91 Å². The summed E-state index contributed by atoms with van der Waals surface area (Å²) in [6, 6.07) is 5.44. The molecule has 2 aliphatic rings. The van der Waals surface area contributed by atoms with Gasteiger partial charge in [0.15, 0.2) is 0 Å². The van der Waals surface area contributed by atoms with Gasteiger partial charge in [-0.2, -0.15) is 0 Å². The molecule has 6 heteroatoms. The molecule has 24 heavy (non-hydrogen) atoms. The molecule has 3 N–H and O–H groups in total. The normalized spacial score (nSPS) is 21.0. The SMILES string of the molecule is CCCN1CC2=C(C(=O)NC2c2cc(N)ccc2OCC)N(C)C1. The van der Waals surface area contributed by atoms with Crippen molar-refractivity contribution in [2.75, 3.05) is 39.1 Å². The summed E-state index contributed by atoms with van der Waals surface area (Å²) in [5.74, 6) is 0.763. The lowest BCUT2D eigenvalue weighted by Crippen LogP contribution is -2.43. The first-order valence-corrected chi connectivity index (χ1v) is 8.54. The van der Waals surface area contributed by atoms with Crippen LogP contribution < -0.4 is 15.8 Å². The quantitative estimate of drug-likeness (QED) is 0.804. The number of nitrogens with one attached hydrogen (secondary N) is 1. The Morgan fingerprint density at radius 1 is 1.38 bits per heavy atom. The zero-order valence-electron chi connectivity index (χ0n) is 14.6. The van der Waals surface area contributed by atoms with E-state index >= 15 is 0 Å². The number of nitrogen functional groups attached to an aromatic ring is 1. The van der Waals surface area contributed by atoms with Crippen LogP contribution in [-0.2, 0) is 4.79 Å². The summed E-state index contributed by atoms with van der Waals surface area (Å²) in [7, 11) is 1.97. The van der Waals surface area contributed by atoms with Crippen LogP contribution in [0.1, 0.15) is 31.9 Å². The van der Waals surface area contributed by atoms with E-state index < -0.39 is 0 Å². The summed E-state index contributed by atoms with van der Waals surface area (Å²) in [6.07, 6.45) is 1.09. The highest BCUT2D eigenvalue weighted by Crippen LogP contribution is 2.39. The minimum Gasteiger partial charge on any atom is -0.494 e. The van der Waals surface area contributed by atoms with E-state index in [4.69, 9.17) is 10.5 Å². The molecule has 0 aliphatic carbocycles. The Morgan fingerprint density at radius 3 is 2.88 bits per heavy atom. The van der Waals surface area contributed by atoms with Gasteiger partial charge in [-0.15, -0.1) is 0 Å². The third-order valence-corrected chi connectivity index (χ3v) is 4.52.